The van der Waals surface area contributed by atoms with E-state index >= 15 is 0 Å². The number of nitrogens with one attached hydrogen (secondary N) is 2. The lowest BCUT2D eigenvalue weighted by Gasteiger charge is -2.12. The molecule has 19 heteroatoms. The third kappa shape index (κ3) is 30.5. The second-order valence-corrected chi connectivity index (χ2v) is 9.80. The van der Waals surface area contributed by atoms with E-state index in [2.05, 4.69) is 10.6 Å². The molecule has 1 heterocycles. The number of hydrogen-bond donors (Lipinski definition) is 3. The highest BCUT2D eigenvalue weighted by Crippen LogP contribution is 2.12. The van der Waals surface area contributed by atoms with Crippen LogP contribution in [0.1, 0.15) is 38.5 Å². The summed E-state index contributed by atoms with van der Waals surface area (Å²) >= 11 is 0. The van der Waals surface area contributed by atoms with Gasteiger partial charge in [0, 0.05) is 53.0 Å². The summed E-state index contributed by atoms with van der Waals surface area (Å²) in [4.78, 5) is 71.8. The number of rotatable bonds is 31. The van der Waals surface area contributed by atoms with Crippen LogP contribution in [-0.2, 0) is 71.5 Å². The molecular weight excluding hydrogens is 658 g/mol. The second kappa shape index (κ2) is 33.2. The van der Waals surface area contributed by atoms with Gasteiger partial charge in [-0.15, -0.1) is 5.06 Å². The molecule has 0 atom stereocenters. The normalized spacial score (nSPS) is 12.4. The zero-order chi connectivity index (χ0) is 36.4. The number of carboxylic acid groups (broad SMARTS) is 1. The number of carbonyl (C=O) groups is 6. The van der Waals surface area contributed by atoms with Crippen molar-refractivity contribution in [2.24, 2.45) is 0 Å². The standard InChI is InChI=1S/C17H28N2O9.C13H25NO7/c1-24-10-11-25-7-4-14(20)18-6-9-27-13-12-26-8-5-17(23)28-19-15(21)2-3-16(19)22;1-18-8-9-19-5-2-12(15)14-4-7-21-11-10-20-6-3-13(16)17/h2-13H2,1H3,(H,18,20);2-11H2,1H3,(H,14,15)(H,16,17). The van der Waals surface area contributed by atoms with E-state index in [0.717, 1.165) is 0 Å². The van der Waals surface area contributed by atoms with Crippen molar-refractivity contribution in [2.75, 3.05) is 120 Å². The smallest absolute Gasteiger partial charge is 0.335 e. The first kappa shape index (κ1) is 45.7. The molecule has 0 radical (unpaired) electrons. The van der Waals surface area contributed by atoms with Crippen LogP contribution in [0, 0.1) is 0 Å². The zero-order valence-electron chi connectivity index (χ0n) is 28.6. The first-order valence-corrected chi connectivity index (χ1v) is 16.0. The van der Waals surface area contributed by atoms with Crippen LogP contribution in [0.5, 0.6) is 0 Å². The summed E-state index contributed by atoms with van der Waals surface area (Å²) in [6.07, 6.45) is 0.604. The molecule has 0 aromatic carbocycles. The molecule has 1 aliphatic heterocycles. The number of aliphatic carboxylic acids is 1. The Morgan fingerprint density at radius 1 is 0.551 bits per heavy atom. The van der Waals surface area contributed by atoms with Gasteiger partial charge in [-0.3, -0.25) is 24.0 Å². The minimum atomic E-state index is -0.884. The first-order chi connectivity index (χ1) is 23.7. The molecule has 284 valence electrons. The van der Waals surface area contributed by atoms with Crippen LogP contribution in [0.3, 0.4) is 0 Å². The van der Waals surface area contributed by atoms with Gasteiger partial charge < -0.3 is 58.5 Å². The van der Waals surface area contributed by atoms with Gasteiger partial charge >= 0.3 is 11.9 Å². The molecule has 0 aliphatic carbocycles. The Kier molecular flexibility index (Phi) is 31.0. The molecule has 19 nitrogen and oxygen atoms in total. The van der Waals surface area contributed by atoms with E-state index in [1.165, 1.54) is 0 Å². The summed E-state index contributed by atoms with van der Waals surface area (Å²) in [6, 6.07) is 0. The number of hydrogen-bond acceptors (Lipinski definition) is 15. The van der Waals surface area contributed by atoms with Gasteiger partial charge in [0.15, 0.2) is 0 Å². The highest BCUT2D eigenvalue weighted by atomic mass is 16.7. The Labute approximate surface area is 286 Å². The van der Waals surface area contributed by atoms with Crippen LogP contribution in [0.2, 0.25) is 0 Å². The predicted molar refractivity (Wildman–Crippen MR) is 168 cm³/mol. The van der Waals surface area contributed by atoms with Crippen molar-refractivity contribution in [3.05, 3.63) is 0 Å². The van der Waals surface area contributed by atoms with Crippen LogP contribution in [0.15, 0.2) is 0 Å². The molecule has 0 saturated carbocycles. The van der Waals surface area contributed by atoms with Crippen molar-refractivity contribution in [3.8, 4) is 0 Å². The summed E-state index contributed by atoms with van der Waals surface area (Å²) in [5.74, 6) is -2.83. The fraction of sp³-hybridized carbons (Fsp3) is 0.800. The number of imide groups is 1. The van der Waals surface area contributed by atoms with E-state index in [1.807, 2.05) is 0 Å². The third-order valence-corrected chi connectivity index (χ3v) is 5.80. The van der Waals surface area contributed by atoms with Crippen molar-refractivity contribution in [1.29, 1.82) is 0 Å². The number of nitrogens with zero attached hydrogens (tertiary/aromatic N) is 1. The van der Waals surface area contributed by atoms with Crippen molar-refractivity contribution >= 4 is 35.6 Å². The lowest BCUT2D eigenvalue weighted by molar-refractivity contribution is -0.198. The Morgan fingerprint density at radius 2 is 0.918 bits per heavy atom. The highest BCUT2D eigenvalue weighted by molar-refractivity contribution is 6.01. The summed E-state index contributed by atoms with van der Waals surface area (Å²) in [6.45, 7) is 5.71. The first-order valence-electron chi connectivity index (χ1n) is 16.0. The topological polar surface area (TPSA) is 233 Å². The maximum atomic E-state index is 11.5. The zero-order valence-corrected chi connectivity index (χ0v) is 28.6. The minimum Gasteiger partial charge on any atom is -0.481 e. The quantitative estimate of drug-likeness (QED) is 0.0569. The van der Waals surface area contributed by atoms with Crippen molar-refractivity contribution < 1.29 is 76.6 Å². The van der Waals surface area contributed by atoms with Gasteiger partial charge in [0.2, 0.25) is 11.8 Å². The highest BCUT2D eigenvalue weighted by Gasteiger charge is 2.32. The fourth-order valence-corrected chi connectivity index (χ4v) is 3.28. The van der Waals surface area contributed by atoms with Crippen molar-refractivity contribution in [1.82, 2.24) is 15.7 Å². The van der Waals surface area contributed by atoms with Gasteiger partial charge in [-0.2, -0.15) is 0 Å². The number of ether oxygens (including phenoxy) is 8. The number of carbonyl (C=O) groups excluding carboxylic acids is 5. The third-order valence-electron chi connectivity index (χ3n) is 5.80. The van der Waals surface area contributed by atoms with Crippen molar-refractivity contribution in [2.45, 2.75) is 38.5 Å². The molecule has 0 aromatic heterocycles. The summed E-state index contributed by atoms with van der Waals surface area (Å²) in [7, 11) is 3.17. The largest absolute Gasteiger partial charge is 0.481 e. The van der Waals surface area contributed by atoms with Crippen molar-refractivity contribution in [3.63, 3.8) is 0 Å². The number of methoxy groups -OCH3 is 2. The molecule has 3 N–H and O–H groups in total. The molecule has 1 rings (SSSR count). The van der Waals surface area contributed by atoms with Crippen LogP contribution < -0.4 is 10.6 Å². The molecule has 0 bridgehead atoms. The van der Waals surface area contributed by atoms with Gasteiger partial charge in [0.1, 0.15) is 0 Å². The SMILES string of the molecule is COCCOCCC(=O)NCCOCCOCCC(=O)O.COCCOCCC(=O)NCCOCCOCCC(=O)ON1C(=O)CCC1=O. The van der Waals surface area contributed by atoms with Crippen LogP contribution in [-0.4, -0.2) is 166 Å². The molecule has 49 heavy (non-hydrogen) atoms. The molecule has 1 aliphatic rings. The molecule has 1 fully saturated rings. The Morgan fingerprint density at radius 3 is 1.33 bits per heavy atom. The van der Waals surface area contributed by atoms with Gasteiger partial charge in [0.05, 0.1) is 105 Å². The maximum absolute atomic E-state index is 11.5. The fourth-order valence-electron chi connectivity index (χ4n) is 3.28. The summed E-state index contributed by atoms with van der Waals surface area (Å²) in [5, 5.41) is 14.3. The average Bonchev–Trinajstić information content (AvgIpc) is 3.38. The average molecular weight is 712 g/mol. The Bertz CT molecular complexity index is 908. The molecule has 1 saturated heterocycles. The predicted octanol–water partition coefficient (Wildman–Crippen LogP) is -1.15. The van der Waals surface area contributed by atoms with Crippen LogP contribution in [0.4, 0.5) is 0 Å². The lowest BCUT2D eigenvalue weighted by atomic mass is 10.4. The van der Waals surface area contributed by atoms with E-state index in [0.29, 0.717) is 97.2 Å². The van der Waals surface area contributed by atoms with E-state index in [-0.39, 0.29) is 63.7 Å². The van der Waals surface area contributed by atoms with E-state index in [1.54, 1.807) is 14.2 Å². The van der Waals surface area contributed by atoms with E-state index in [4.69, 9.17) is 47.8 Å². The molecule has 0 spiro atoms. The van der Waals surface area contributed by atoms with Crippen LogP contribution in [0.25, 0.3) is 0 Å². The molecule has 0 unspecified atom stereocenters. The van der Waals surface area contributed by atoms with E-state index < -0.39 is 23.8 Å². The number of amides is 4. The maximum Gasteiger partial charge on any atom is 0.335 e. The summed E-state index contributed by atoms with van der Waals surface area (Å²) < 4.78 is 40.7. The minimum absolute atomic E-state index is 0.0114. The van der Waals surface area contributed by atoms with Crippen LogP contribution >= 0.6 is 0 Å². The number of hydroxylamine groups is 2. The lowest BCUT2D eigenvalue weighted by Crippen LogP contribution is -2.32. The van der Waals surface area contributed by atoms with Gasteiger partial charge in [0.25, 0.3) is 11.8 Å². The van der Waals surface area contributed by atoms with Gasteiger partial charge in [-0.05, 0) is 0 Å². The molecule has 4 amide bonds. The molecule has 0 aromatic rings. The summed E-state index contributed by atoms with van der Waals surface area (Å²) in [5.41, 5.74) is 0. The monoisotopic (exact) mass is 711 g/mol. The Hall–Kier alpha value is -3.30. The van der Waals surface area contributed by atoms with Gasteiger partial charge in [-0.25, -0.2) is 4.79 Å². The van der Waals surface area contributed by atoms with Gasteiger partial charge in [-0.1, -0.05) is 0 Å². The number of carboxylic acids is 1. The Balaban J connectivity index is 0.000000983. The van der Waals surface area contributed by atoms with E-state index in [9.17, 15) is 28.8 Å². The molecular formula is C30H53N3O16. The second-order valence-electron chi connectivity index (χ2n) is 9.80.